The zero-order valence-electron chi connectivity index (χ0n) is 9.34. The monoisotopic (exact) mass is 229 g/mol. The molecule has 0 saturated heterocycles. The second-order valence-corrected chi connectivity index (χ2v) is 3.83. The summed E-state index contributed by atoms with van der Waals surface area (Å²) in [6.07, 6.45) is 1.21. The van der Waals surface area contributed by atoms with Gasteiger partial charge >= 0.3 is 0 Å². The third-order valence-corrected chi connectivity index (χ3v) is 2.67. The number of imide groups is 1. The van der Waals surface area contributed by atoms with Gasteiger partial charge in [0.05, 0.1) is 6.42 Å². The molecule has 0 N–H and O–H groups in total. The SMILES string of the molecule is CN1C(=O)C=C(C(=O)c2ccccc2)CC1=O. The molecule has 1 aromatic carbocycles. The van der Waals surface area contributed by atoms with Gasteiger partial charge in [-0.15, -0.1) is 0 Å². The highest BCUT2D eigenvalue weighted by molar-refractivity contribution is 6.18. The predicted molar refractivity (Wildman–Crippen MR) is 61.2 cm³/mol. The van der Waals surface area contributed by atoms with Gasteiger partial charge in [-0.3, -0.25) is 19.3 Å². The molecule has 0 aromatic heterocycles. The van der Waals surface area contributed by atoms with E-state index in [0.717, 1.165) is 4.90 Å². The third kappa shape index (κ3) is 2.15. The summed E-state index contributed by atoms with van der Waals surface area (Å²) in [6.45, 7) is 0. The minimum Gasteiger partial charge on any atom is -0.289 e. The van der Waals surface area contributed by atoms with Crippen LogP contribution in [-0.4, -0.2) is 29.5 Å². The Hall–Kier alpha value is -2.23. The highest BCUT2D eigenvalue weighted by Gasteiger charge is 2.26. The lowest BCUT2D eigenvalue weighted by Gasteiger charge is -2.19. The summed E-state index contributed by atoms with van der Waals surface area (Å²) < 4.78 is 0. The zero-order valence-corrected chi connectivity index (χ0v) is 9.34. The lowest BCUT2D eigenvalue weighted by Crippen LogP contribution is -2.36. The Morgan fingerprint density at radius 3 is 2.41 bits per heavy atom. The zero-order chi connectivity index (χ0) is 12.4. The highest BCUT2D eigenvalue weighted by Crippen LogP contribution is 2.17. The Morgan fingerprint density at radius 1 is 1.18 bits per heavy atom. The molecule has 0 spiro atoms. The molecule has 0 fully saturated rings. The lowest BCUT2D eigenvalue weighted by molar-refractivity contribution is -0.140. The summed E-state index contributed by atoms with van der Waals surface area (Å²) in [5.41, 5.74) is 0.744. The van der Waals surface area contributed by atoms with Gasteiger partial charge in [0.2, 0.25) is 5.91 Å². The van der Waals surface area contributed by atoms with Crippen LogP contribution >= 0.6 is 0 Å². The number of carbonyl (C=O) groups is 3. The standard InChI is InChI=1S/C13H11NO3/c1-14-11(15)7-10(8-12(14)16)13(17)9-5-3-2-4-6-9/h2-7H,8H2,1H3. The number of hydrogen-bond donors (Lipinski definition) is 0. The van der Waals surface area contributed by atoms with Crippen LogP contribution in [-0.2, 0) is 9.59 Å². The van der Waals surface area contributed by atoms with E-state index in [4.69, 9.17) is 0 Å². The number of Topliss-reactive ketones (excluding diaryl/α,β-unsaturated/α-hetero) is 1. The van der Waals surface area contributed by atoms with Gasteiger partial charge in [-0.2, -0.15) is 0 Å². The van der Waals surface area contributed by atoms with Gasteiger partial charge < -0.3 is 0 Å². The maximum absolute atomic E-state index is 12.0. The van der Waals surface area contributed by atoms with E-state index in [0.29, 0.717) is 5.56 Å². The second-order valence-electron chi connectivity index (χ2n) is 3.83. The fourth-order valence-electron chi connectivity index (χ4n) is 1.62. The van der Waals surface area contributed by atoms with Gasteiger partial charge in [0.1, 0.15) is 0 Å². The van der Waals surface area contributed by atoms with Crippen molar-refractivity contribution in [1.29, 1.82) is 0 Å². The molecule has 0 bridgehead atoms. The first-order chi connectivity index (χ1) is 8.09. The summed E-state index contributed by atoms with van der Waals surface area (Å²) in [5, 5.41) is 0. The maximum atomic E-state index is 12.0. The van der Waals surface area contributed by atoms with Crippen LogP contribution in [0, 0.1) is 0 Å². The van der Waals surface area contributed by atoms with Gasteiger partial charge in [0.15, 0.2) is 5.78 Å². The minimum absolute atomic E-state index is 0.0179. The van der Waals surface area contributed by atoms with E-state index >= 15 is 0 Å². The Labute approximate surface area is 98.5 Å². The summed E-state index contributed by atoms with van der Waals surface area (Å²) in [7, 11) is 1.41. The van der Waals surface area contributed by atoms with Crippen molar-refractivity contribution >= 4 is 17.6 Å². The number of ketones is 1. The summed E-state index contributed by atoms with van der Waals surface area (Å²) in [5.74, 6) is -1.06. The first-order valence-electron chi connectivity index (χ1n) is 5.20. The number of benzene rings is 1. The second kappa shape index (κ2) is 4.33. The molecular formula is C13H11NO3. The van der Waals surface area contributed by atoms with E-state index in [1.165, 1.54) is 13.1 Å². The van der Waals surface area contributed by atoms with E-state index in [-0.39, 0.29) is 23.7 Å². The average molecular weight is 229 g/mol. The van der Waals surface area contributed by atoms with Crippen molar-refractivity contribution in [2.45, 2.75) is 6.42 Å². The van der Waals surface area contributed by atoms with Crippen molar-refractivity contribution in [3.63, 3.8) is 0 Å². The maximum Gasteiger partial charge on any atom is 0.253 e. The van der Waals surface area contributed by atoms with Crippen molar-refractivity contribution in [2.24, 2.45) is 0 Å². The molecule has 1 heterocycles. The van der Waals surface area contributed by atoms with Gasteiger partial charge in [0, 0.05) is 24.3 Å². The van der Waals surface area contributed by atoms with Crippen molar-refractivity contribution in [2.75, 3.05) is 7.05 Å². The van der Waals surface area contributed by atoms with Crippen molar-refractivity contribution in [1.82, 2.24) is 4.90 Å². The molecule has 86 valence electrons. The minimum atomic E-state index is -0.444. The van der Waals surface area contributed by atoms with Crippen LogP contribution in [0.15, 0.2) is 42.0 Å². The van der Waals surface area contributed by atoms with E-state index < -0.39 is 5.91 Å². The molecule has 1 aliphatic rings. The molecule has 1 aliphatic heterocycles. The molecule has 0 unspecified atom stereocenters. The quantitative estimate of drug-likeness (QED) is 0.565. The normalized spacial score (nSPS) is 15.8. The summed E-state index contributed by atoms with van der Waals surface area (Å²) >= 11 is 0. The third-order valence-electron chi connectivity index (χ3n) is 2.67. The number of likely N-dealkylation sites (N-methyl/N-ethyl adjacent to an activating group) is 1. The largest absolute Gasteiger partial charge is 0.289 e. The molecule has 4 heteroatoms. The Morgan fingerprint density at radius 2 is 1.82 bits per heavy atom. The van der Waals surface area contributed by atoms with Crippen molar-refractivity contribution < 1.29 is 14.4 Å². The van der Waals surface area contributed by atoms with E-state index in [2.05, 4.69) is 0 Å². The molecule has 0 radical (unpaired) electrons. The van der Waals surface area contributed by atoms with Crippen LogP contribution in [0.5, 0.6) is 0 Å². The Balaban J connectivity index is 2.31. The predicted octanol–water partition coefficient (Wildman–Crippen LogP) is 1.18. The van der Waals surface area contributed by atoms with E-state index in [1.54, 1.807) is 30.3 Å². The lowest BCUT2D eigenvalue weighted by atomic mass is 9.97. The van der Waals surface area contributed by atoms with Gasteiger partial charge in [-0.05, 0) is 0 Å². The van der Waals surface area contributed by atoms with Crippen LogP contribution in [0.3, 0.4) is 0 Å². The van der Waals surface area contributed by atoms with Crippen LogP contribution < -0.4 is 0 Å². The fourth-order valence-corrected chi connectivity index (χ4v) is 1.62. The molecule has 17 heavy (non-hydrogen) atoms. The van der Waals surface area contributed by atoms with Crippen molar-refractivity contribution in [3.8, 4) is 0 Å². The number of carbonyl (C=O) groups excluding carboxylic acids is 3. The topological polar surface area (TPSA) is 54.5 Å². The molecule has 0 atom stereocenters. The van der Waals surface area contributed by atoms with Gasteiger partial charge in [-0.25, -0.2) is 0 Å². The van der Waals surface area contributed by atoms with E-state index in [1.807, 2.05) is 0 Å². The number of rotatable bonds is 2. The van der Waals surface area contributed by atoms with E-state index in [9.17, 15) is 14.4 Å². The molecule has 4 nitrogen and oxygen atoms in total. The fraction of sp³-hybridized carbons (Fsp3) is 0.154. The first kappa shape index (κ1) is 11.3. The highest BCUT2D eigenvalue weighted by atomic mass is 16.2. The van der Waals surface area contributed by atoms with Crippen LogP contribution in [0.1, 0.15) is 16.8 Å². The van der Waals surface area contributed by atoms with Crippen molar-refractivity contribution in [3.05, 3.63) is 47.5 Å². The van der Waals surface area contributed by atoms with Gasteiger partial charge in [0.25, 0.3) is 5.91 Å². The van der Waals surface area contributed by atoms with Crippen LogP contribution in [0.2, 0.25) is 0 Å². The number of hydrogen-bond acceptors (Lipinski definition) is 3. The summed E-state index contributed by atoms with van der Waals surface area (Å²) in [6, 6.07) is 8.61. The molecule has 0 saturated carbocycles. The summed E-state index contributed by atoms with van der Waals surface area (Å²) in [4.78, 5) is 35.9. The van der Waals surface area contributed by atoms with Gasteiger partial charge in [-0.1, -0.05) is 30.3 Å². The smallest absolute Gasteiger partial charge is 0.253 e. The Bertz CT molecular complexity index is 517. The molecule has 2 amide bonds. The van der Waals surface area contributed by atoms with Crippen LogP contribution in [0.25, 0.3) is 0 Å². The Kier molecular flexibility index (Phi) is 2.87. The number of nitrogens with zero attached hydrogens (tertiary/aromatic N) is 1. The first-order valence-corrected chi connectivity index (χ1v) is 5.20. The molecule has 2 rings (SSSR count). The average Bonchev–Trinajstić information content (AvgIpc) is 2.35. The van der Waals surface area contributed by atoms with Crippen LogP contribution in [0.4, 0.5) is 0 Å². The number of amides is 2. The molecule has 1 aromatic rings. The molecule has 0 aliphatic carbocycles. The molecular weight excluding hydrogens is 218 g/mol.